The predicted molar refractivity (Wildman–Crippen MR) is 84.1 cm³/mol. The summed E-state index contributed by atoms with van der Waals surface area (Å²) in [6, 6.07) is 7.85. The van der Waals surface area contributed by atoms with Gasteiger partial charge in [0, 0.05) is 12.5 Å². The summed E-state index contributed by atoms with van der Waals surface area (Å²) in [6.07, 6.45) is 2.92. The second-order valence-electron chi connectivity index (χ2n) is 6.23. The Morgan fingerprint density at radius 3 is 2.43 bits per heavy atom. The molecule has 0 heterocycles. The zero-order valence-corrected chi connectivity index (χ0v) is 13.1. The fourth-order valence-corrected chi connectivity index (χ4v) is 2.40. The van der Waals surface area contributed by atoms with Gasteiger partial charge in [-0.2, -0.15) is 0 Å². The lowest BCUT2D eigenvalue weighted by Crippen LogP contribution is -2.34. The van der Waals surface area contributed by atoms with Crippen LogP contribution in [0.1, 0.15) is 51.6 Å². The van der Waals surface area contributed by atoms with Crippen LogP contribution < -0.4 is 15.8 Å². The Balaban J connectivity index is 1.84. The molecule has 2 atom stereocenters. The van der Waals surface area contributed by atoms with Crippen LogP contribution >= 0.6 is 0 Å². The Kier molecular flexibility index (Phi) is 5.23. The van der Waals surface area contributed by atoms with E-state index in [2.05, 4.69) is 5.32 Å². The Bertz CT molecular complexity index is 466. The number of rotatable bonds is 7. The third-order valence-electron chi connectivity index (χ3n) is 3.78. The fraction of sp³-hybridized carbons (Fsp3) is 0.588. The van der Waals surface area contributed by atoms with Gasteiger partial charge < -0.3 is 15.8 Å². The van der Waals surface area contributed by atoms with Gasteiger partial charge >= 0.3 is 0 Å². The van der Waals surface area contributed by atoms with E-state index >= 15 is 0 Å². The van der Waals surface area contributed by atoms with Gasteiger partial charge in [-0.25, -0.2) is 0 Å². The number of carbonyl (C=O) groups excluding carboxylic acids is 1. The van der Waals surface area contributed by atoms with Gasteiger partial charge in [0.15, 0.2) is 0 Å². The molecule has 0 spiro atoms. The lowest BCUT2D eigenvalue weighted by Gasteiger charge is -2.17. The quantitative estimate of drug-likeness (QED) is 0.811. The first-order valence-corrected chi connectivity index (χ1v) is 7.77. The summed E-state index contributed by atoms with van der Waals surface area (Å²) in [5.41, 5.74) is 7.05. The minimum Gasteiger partial charge on any atom is -0.491 e. The minimum atomic E-state index is -0.0167. The van der Waals surface area contributed by atoms with Crippen molar-refractivity contribution in [3.05, 3.63) is 29.8 Å². The maximum absolute atomic E-state index is 12.0. The molecule has 3 N–H and O–H groups in total. The van der Waals surface area contributed by atoms with Crippen LogP contribution in [0.2, 0.25) is 0 Å². The topological polar surface area (TPSA) is 64.3 Å². The lowest BCUT2D eigenvalue weighted by atomic mass is 10.1. The van der Waals surface area contributed by atoms with Crippen molar-refractivity contribution in [3.63, 3.8) is 0 Å². The van der Waals surface area contributed by atoms with Gasteiger partial charge in [-0.15, -0.1) is 0 Å². The minimum absolute atomic E-state index is 0.0130. The van der Waals surface area contributed by atoms with Crippen molar-refractivity contribution in [1.82, 2.24) is 5.32 Å². The highest BCUT2D eigenvalue weighted by molar-refractivity contribution is 5.77. The molecule has 1 aromatic rings. The molecule has 1 aliphatic carbocycles. The molecule has 4 heteroatoms. The van der Waals surface area contributed by atoms with Gasteiger partial charge in [-0.1, -0.05) is 12.1 Å². The Hall–Kier alpha value is -1.55. The summed E-state index contributed by atoms with van der Waals surface area (Å²) in [7, 11) is 0. The van der Waals surface area contributed by atoms with Crippen LogP contribution in [-0.2, 0) is 4.79 Å². The summed E-state index contributed by atoms with van der Waals surface area (Å²) in [4.78, 5) is 12.0. The van der Waals surface area contributed by atoms with Crippen LogP contribution in [0.3, 0.4) is 0 Å². The van der Waals surface area contributed by atoms with Gasteiger partial charge in [0.2, 0.25) is 5.91 Å². The van der Waals surface area contributed by atoms with Crippen LogP contribution in [0.25, 0.3) is 0 Å². The molecule has 0 aliphatic heterocycles. The molecule has 21 heavy (non-hydrogen) atoms. The van der Waals surface area contributed by atoms with E-state index in [4.69, 9.17) is 10.5 Å². The first kappa shape index (κ1) is 15.8. The summed E-state index contributed by atoms with van der Waals surface area (Å²) < 4.78 is 5.61. The number of nitrogens with one attached hydrogen (secondary N) is 1. The van der Waals surface area contributed by atoms with Crippen molar-refractivity contribution in [3.8, 4) is 5.75 Å². The maximum atomic E-state index is 12.0. The number of amides is 1. The summed E-state index contributed by atoms with van der Waals surface area (Å²) >= 11 is 0. The standard InChI is InChI=1S/C17H26N2O2/c1-11(2)21-15-8-6-13(7-9-15)12(3)19-17(20)10-16(18)14-4-5-14/h6-9,11-12,14,16H,4-5,10,18H2,1-3H3,(H,19,20). The Morgan fingerprint density at radius 1 is 1.29 bits per heavy atom. The van der Waals surface area contributed by atoms with Gasteiger partial charge in [-0.3, -0.25) is 4.79 Å². The van der Waals surface area contributed by atoms with Gasteiger partial charge in [0.1, 0.15) is 5.75 Å². The molecular formula is C17H26N2O2. The zero-order chi connectivity index (χ0) is 15.4. The predicted octanol–water partition coefficient (Wildman–Crippen LogP) is 2.78. The van der Waals surface area contributed by atoms with E-state index in [0.717, 1.165) is 11.3 Å². The summed E-state index contributed by atoms with van der Waals surface area (Å²) in [5.74, 6) is 1.44. The first-order valence-electron chi connectivity index (χ1n) is 7.77. The second kappa shape index (κ2) is 6.94. The van der Waals surface area contributed by atoms with Crippen molar-refractivity contribution in [2.24, 2.45) is 11.7 Å². The molecule has 2 unspecified atom stereocenters. The fourth-order valence-electron chi connectivity index (χ4n) is 2.40. The number of hydrogen-bond acceptors (Lipinski definition) is 3. The molecule has 0 radical (unpaired) electrons. The summed E-state index contributed by atoms with van der Waals surface area (Å²) in [6.45, 7) is 5.98. The van der Waals surface area contributed by atoms with Gasteiger partial charge in [0.05, 0.1) is 12.1 Å². The Morgan fingerprint density at radius 2 is 1.90 bits per heavy atom. The molecule has 0 bridgehead atoms. The smallest absolute Gasteiger partial charge is 0.222 e. The zero-order valence-electron chi connectivity index (χ0n) is 13.1. The molecule has 2 rings (SSSR count). The molecule has 1 aliphatic rings. The molecule has 4 nitrogen and oxygen atoms in total. The maximum Gasteiger partial charge on any atom is 0.222 e. The number of nitrogens with two attached hydrogens (primary N) is 1. The van der Waals surface area contributed by atoms with E-state index in [1.807, 2.05) is 45.0 Å². The van der Waals surface area contributed by atoms with Crippen LogP contribution in [0.5, 0.6) is 5.75 Å². The number of benzene rings is 1. The molecule has 0 aromatic heterocycles. The first-order chi connectivity index (χ1) is 9.95. The van der Waals surface area contributed by atoms with E-state index in [1.54, 1.807) is 0 Å². The molecule has 1 aromatic carbocycles. The molecule has 1 amide bonds. The third-order valence-corrected chi connectivity index (χ3v) is 3.78. The molecule has 1 fully saturated rings. The normalized spacial score (nSPS) is 17.4. The molecule has 0 saturated heterocycles. The molecular weight excluding hydrogens is 264 g/mol. The van der Waals surface area contributed by atoms with Crippen LogP contribution in [0.15, 0.2) is 24.3 Å². The highest BCUT2D eigenvalue weighted by atomic mass is 16.5. The molecule has 1 saturated carbocycles. The highest BCUT2D eigenvalue weighted by Crippen LogP contribution is 2.32. The monoisotopic (exact) mass is 290 g/mol. The van der Waals surface area contributed by atoms with Crippen molar-refractivity contribution < 1.29 is 9.53 Å². The van der Waals surface area contributed by atoms with E-state index in [-0.39, 0.29) is 24.1 Å². The highest BCUT2D eigenvalue weighted by Gasteiger charge is 2.30. The lowest BCUT2D eigenvalue weighted by molar-refractivity contribution is -0.122. The van der Waals surface area contributed by atoms with E-state index in [0.29, 0.717) is 12.3 Å². The second-order valence-corrected chi connectivity index (χ2v) is 6.23. The van der Waals surface area contributed by atoms with Crippen molar-refractivity contribution in [1.29, 1.82) is 0 Å². The van der Waals surface area contributed by atoms with E-state index < -0.39 is 0 Å². The number of hydrogen-bond donors (Lipinski definition) is 2. The number of carbonyl (C=O) groups is 1. The van der Waals surface area contributed by atoms with Crippen LogP contribution in [-0.4, -0.2) is 18.1 Å². The van der Waals surface area contributed by atoms with E-state index in [1.165, 1.54) is 12.8 Å². The number of ether oxygens (including phenoxy) is 1. The average Bonchev–Trinajstić information content (AvgIpc) is 3.22. The van der Waals surface area contributed by atoms with Gasteiger partial charge in [0.25, 0.3) is 0 Å². The van der Waals surface area contributed by atoms with Crippen LogP contribution in [0, 0.1) is 5.92 Å². The van der Waals surface area contributed by atoms with Crippen molar-refractivity contribution >= 4 is 5.91 Å². The summed E-state index contributed by atoms with van der Waals surface area (Å²) in [5, 5.41) is 3.01. The van der Waals surface area contributed by atoms with Crippen LogP contribution in [0.4, 0.5) is 0 Å². The third kappa shape index (κ3) is 5.05. The average molecular weight is 290 g/mol. The Labute approximate surface area is 127 Å². The van der Waals surface area contributed by atoms with E-state index in [9.17, 15) is 4.79 Å². The largest absolute Gasteiger partial charge is 0.491 e. The van der Waals surface area contributed by atoms with Gasteiger partial charge in [-0.05, 0) is 57.2 Å². The molecule has 116 valence electrons. The van der Waals surface area contributed by atoms with Crippen molar-refractivity contribution in [2.45, 2.75) is 58.2 Å². The van der Waals surface area contributed by atoms with Crippen molar-refractivity contribution in [2.75, 3.05) is 0 Å². The SMILES string of the molecule is CC(C)Oc1ccc(C(C)NC(=O)CC(N)C2CC2)cc1.